The summed E-state index contributed by atoms with van der Waals surface area (Å²) >= 11 is 3.38. The van der Waals surface area contributed by atoms with E-state index in [0.29, 0.717) is 6.54 Å². The molecule has 1 aromatic heterocycles. The molecule has 0 aromatic carbocycles. The van der Waals surface area contributed by atoms with Crippen molar-refractivity contribution in [1.82, 2.24) is 10.3 Å². The number of nitrogens with zero attached hydrogens (tertiary/aromatic N) is 1. The summed E-state index contributed by atoms with van der Waals surface area (Å²) in [6.07, 6.45) is 4.91. The van der Waals surface area contributed by atoms with Crippen molar-refractivity contribution in [2.75, 3.05) is 0 Å². The lowest BCUT2D eigenvalue weighted by Gasteiger charge is -2.11. The number of unbranched alkanes of at least 4 members (excludes halogenated alkanes) is 1. The summed E-state index contributed by atoms with van der Waals surface area (Å²) < 4.78 is 0.982. The maximum Gasteiger partial charge on any atom is 0.223 e. The SMILES string of the molecule is CCCC[C@@H](C)C(=O)NCc1cc(Br)ccn1. The van der Waals surface area contributed by atoms with Gasteiger partial charge >= 0.3 is 0 Å². The number of carbonyl (C=O) groups is 1. The third kappa shape index (κ3) is 5.31. The van der Waals surface area contributed by atoms with E-state index in [1.807, 2.05) is 19.1 Å². The summed E-state index contributed by atoms with van der Waals surface area (Å²) in [4.78, 5) is 15.9. The fourth-order valence-electron chi connectivity index (χ4n) is 1.54. The Balaban J connectivity index is 2.37. The normalized spacial score (nSPS) is 12.2. The second kappa shape index (κ2) is 7.43. The van der Waals surface area contributed by atoms with Crippen molar-refractivity contribution in [1.29, 1.82) is 0 Å². The fourth-order valence-corrected chi connectivity index (χ4v) is 1.92. The Kier molecular flexibility index (Phi) is 6.19. The Hall–Kier alpha value is -0.900. The number of rotatable bonds is 6. The van der Waals surface area contributed by atoms with E-state index in [1.165, 1.54) is 0 Å². The minimum absolute atomic E-state index is 0.0853. The van der Waals surface area contributed by atoms with E-state index in [0.717, 1.165) is 29.4 Å². The highest BCUT2D eigenvalue weighted by Gasteiger charge is 2.11. The smallest absolute Gasteiger partial charge is 0.223 e. The molecule has 1 atom stereocenters. The van der Waals surface area contributed by atoms with Crippen LogP contribution in [0.15, 0.2) is 22.8 Å². The van der Waals surface area contributed by atoms with Gasteiger partial charge in [0.25, 0.3) is 0 Å². The summed E-state index contributed by atoms with van der Waals surface area (Å²) in [5, 5.41) is 2.91. The van der Waals surface area contributed by atoms with Crippen LogP contribution in [0.2, 0.25) is 0 Å². The topological polar surface area (TPSA) is 42.0 Å². The first kappa shape index (κ1) is 14.2. The lowest BCUT2D eigenvalue weighted by molar-refractivity contribution is -0.124. The van der Waals surface area contributed by atoms with E-state index < -0.39 is 0 Å². The lowest BCUT2D eigenvalue weighted by Crippen LogP contribution is -2.29. The Morgan fingerprint density at radius 1 is 1.59 bits per heavy atom. The molecule has 1 rings (SSSR count). The molecule has 4 heteroatoms. The number of nitrogens with one attached hydrogen (secondary N) is 1. The summed E-state index contributed by atoms with van der Waals surface area (Å²) in [6, 6.07) is 3.78. The van der Waals surface area contributed by atoms with Crippen LogP contribution < -0.4 is 5.32 Å². The van der Waals surface area contributed by atoms with Gasteiger partial charge in [-0.05, 0) is 18.6 Å². The molecule has 1 heterocycles. The molecule has 1 aromatic rings. The molecule has 0 saturated carbocycles. The van der Waals surface area contributed by atoms with Gasteiger partial charge in [-0.15, -0.1) is 0 Å². The number of hydrogen-bond donors (Lipinski definition) is 1. The average Bonchev–Trinajstić information content (AvgIpc) is 2.33. The second-order valence-electron chi connectivity index (χ2n) is 4.23. The summed E-state index contributed by atoms with van der Waals surface area (Å²) in [5.41, 5.74) is 0.871. The van der Waals surface area contributed by atoms with Crippen molar-refractivity contribution in [3.8, 4) is 0 Å². The molecule has 0 aliphatic rings. The minimum Gasteiger partial charge on any atom is -0.350 e. The van der Waals surface area contributed by atoms with E-state index in [9.17, 15) is 4.79 Å². The van der Waals surface area contributed by atoms with Gasteiger partial charge in [-0.1, -0.05) is 42.6 Å². The molecule has 0 radical (unpaired) electrons. The fraction of sp³-hybridized carbons (Fsp3) is 0.538. The molecule has 1 N–H and O–H groups in total. The molecule has 0 bridgehead atoms. The van der Waals surface area contributed by atoms with Gasteiger partial charge in [-0.25, -0.2) is 0 Å². The van der Waals surface area contributed by atoms with Crippen LogP contribution in [0.1, 0.15) is 38.8 Å². The van der Waals surface area contributed by atoms with Crippen molar-refractivity contribution in [3.63, 3.8) is 0 Å². The first-order valence-corrected chi connectivity index (χ1v) is 6.81. The molecule has 0 aliphatic carbocycles. The van der Waals surface area contributed by atoms with Crippen LogP contribution >= 0.6 is 15.9 Å². The van der Waals surface area contributed by atoms with Gasteiger partial charge < -0.3 is 5.32 Å². The third-order valence-electron chi connectivity index (χ3n) is 2.66. The van der Waals surface area contributed by atoms with E-state index in [2.05, 4.69) is 33.2 Å². The van der Waals surface area contributed by atoms with E-state index in [1.54, 1.807) is 6.20 Å². The Bertz CT molecular complexity index is 368. The van der Waals surface area contributed by atoms with Crippen molar-refractivity contribution >= 4 is 21.8 Å². The van der Waals surface area contributed by atoms with Crippen LogP contribution in [0, 0.1) is 5.92 Å². The van der Waals surface area contributed by atoms with Crippen LogP contribution in [0.3, 0.4) is 0 Å². The predicted octanol–water partition coefficient (Wildman–Crippen LogP) is 3.29. The van der Waals surface area contributed by atoms with E-state index >= 15 is 0 Å². The van der Waals surface area contributed by atoms with Crippen LogP contribution in [-0.4, -0.2) is 10.9 Å². The molecule has 0 fully saturated rings. The summed E-state index contributed by atoms with van der Waals surface area (Å²) in [7, 11) is 0. The van der Waals surface area contributed by atoms with Crippen molar-refractivity contribution in [2.24, 2.45) is 5.92 Å². The lowest BCUT2D eigenvalue weighted by atomic mass is 10.0. The van der Waals surface area contributed by atoms with Crippen LogP contribution in [0.4, 0.5) is 0 Å². The largest absolute Gasteiger partial charge is 0.350 e. The zero-order valence-corrected chi connectivity index (χ0v) is 12.0. The maximum absolute atomic E-state index is 11.8. The van der Waals surface area contributed by atoms with Crippen LogP contribution in [0.25, 0.3) is 0 Å². The van der Waals surface area contributed by atoms with Crippen LogP contribution in [0.5, 0.6) is 0 Å². The predicted molar refractivity (Wildman–Crippen MR) is 72.5 cm³/mol. The quantitative estimate of drug-likeness (QED) is 0.876. The second-order valence-corrected chi connectivity index (χ2v) is 5.14. The number of pyridine rings is 1. The number of carbonyl (C=O) groups excluding carboxylic acids is 1. The molecule has 0 aliphatic heterocycles. The van der Waals surface area contributed by atoms with Gasteiger partial charge in [0, 0.05) is 16.6 Å². The minimum atomic E-state index is 0.0853. The van der Waals surface area contributed by atoms with Gasteiger partial charge in [0.15, 0.2) is 0 Å². The number of hydrogen-bond acceptors (Lipinski definition) is 2. The monoisotopic (exact) mass is 298 g/mol. The van der Waals surface area contributed by atoms with Crippen LogP contribution in [-0.2, 0) is 11.3 Å². The van der Waals surface area contributed by atoms with E-state index in [-0.39, 0.29) is 11.8 Å². The Morgan fingerprint density at radius 2 is 2.35 bits per heavy atom. The molecule has 17 heavy (non-hydrogen) atoms. The zero-order chi connectivity index (χ0) is 12.7. The number of aromatic nitrogens is 1. The molecule has 0 saturated heterocycles. The first-order valence-electron chi connectivity index (χ1n) is 6.01. The molecular formula is C13H19BrN2O. The highest BCUT2D eigenvalue weighted by atomic mass is 79.9. The van der Waals surface area contributed by atoms with Gasteiger partial charge in [0.1, 0.15) is 0 Å². The molecule has 0 unspecified atom stereocenters. The van der Waals surface area contributed by atoms with Crippen molar-refractivity contribution in [2.45, 2.75) is 39.7 Å². The van der Waals surface area contributed by atoms with E-state index in [4.69, 9.17) is 0 Å². The standard InChI is InChI=1S/C13H19BrN2O/c1-3-4-5-10(2)13(17)16-9-12-8-11(14)6-7-15-12/h6-8,10H,3-5,9H2,1-2H3,(H,16,17)/t10-/m1/s1. The molecule has 0 spiro atoms. The molecule has 1 amide bonds. The molecular weight excluding hydrogens is 280 g/mol. The number of amides is 1. The summed E-state index contributed by atoms with van der Waals surface area (Å²) in [5.74, 6) is 0.197. The van der Waals surface area contributed by atoms with Crippen molar-refractivity contribution in [3.05, 3.63) is 28.5 Å². The Morgan fingerprint density at radius 3 is 3.00 bits per heavy atom. The van der Waals surface area contributed by atoms with Crippen molar-refractivity contribution < 1.29 is 4.79 Å². The molecule has 3 nitrogen and oxygen atoms in total. The molecule has 94 valence electrons. The van der Waals surface area contributed by atoms with Gasteiger partial charge in [-0.2, -0.15) is 0 Å². The summed E-state index contributed by atoms with van der Waals surface area (Å²) in [6.45, 7) is 4.60. The maximum atomic E-state index is 11.8. The van der Waals surface area contributed by atoms with Gasteiger partial charge in [0.2, 0.25) is 5.91 Å². The highest BCUT2D eigenvalue weighted by Crippen LogP contribution is 2.10. The average molecular weight is 299 g/mol. The zero-order valence-electron chi connectivity index (χ0n) is 10.4. The first-order chi connectivity index (χ1) is 8.13. The number of halogens is 1. The Labute approximate surface area is 111 Å². The van der Waals surface area contributed by atoms with Gasteiger partial charge in [-0.3, -0.25) is 9.78 Å². The van der Waals surface area contributed by atoms with Gasteiger partial charge in [0.05, 0.1) is 12.2 Å². The highest BCUT2D eigenvalue weighted by molar-refractivity contribution is 9.10. The third-order valence-corrected chi connectivity index (χ3v) is 3.15.